The second kappa shape index (κ2) is 9.85. The van der Waals surface area contributed by atoms with Crippen molar-refractivity contribution in [1.29, 1.82) is 0 Å². The van der Waals surface area contributed by atoms with Crippen LogP contribution in [0.25, 0.3) is 33.6 Å². The van der Waals surface area contributed by atoms with E-state index in [2.05, 4.69) is 73.8 Å². The molecule has 1 saturated carbocycles. The van der Waals surface area contributed by atoms with Crippen molar-refractivity contribution in [2.45, 2.75) is 63.8 Å². The number of fused-ring (bicyclic) bond motifs is 1. The number of ether oxygens (including phenoxy) is 1. The Morgan fingerprint density at radius 3 is 1.98 bits per heavy atom. The van der Waals surface area contributed by atoms with E-state index in [-0.39, 0.29) is 12.1 Å². The Hall–Kier alpha value is -3.95. The van der Waals surface area contributed by atoms with Gasteiger partial charge in [0.2, 0.25) is 0 Å². The highest BCUT2D eigenvalue weighted by atomic mass is 16.6. The Morgan fingerprint density at radius 2 is 1.41 bits per heavy atom. The van der Waals surface area contributed by atoms with Gasteiger partial charge < -0.3 is 20.0 Å². The third-order valence-electron chi connectivity index (χ3n) is 8.41. The van der Waals surface area contributed by atoms with Crippen LogP contribution in [0.2, 0.25) is 0 Å². The van der Waals surface area contributed by atoms with E-state index in [0.717, 1.165) is 64.2 Å². The largest absolute Gasteiger partial charge is 0.443 e. The Bertz CT molecular complexity index is 1540. The van der Waals surface area contributed by atoms with Crippen LogP contribution in [0.4, 0.5) is 4.79 Å². The van der Waals surface area contributed by atoms with Crippen LogP contribution in [0.5, 0.6) is 0 Å². The molecule has 0 bridgehead atoms. The number of rotatable bonds is 5. The molecule has 212 valence electrons. The maximum Gasteiger partial charge on any atom is 0.425 e. The summed E-state index contributed by atoms with van der Waals surface area (Å²) in [6.07, 6.45) is 6.73. The van der Waals surface area contributed by atoms with Crippen LogP contribution in [0, 0.1) is 5.92 Å². The van der Waals surface area contributed by atoms with Crippen molar-refractivity contribution in [3.8, 4) is 33.6 Å². The molecular formula is C32H37N7O2. The molecule has 4 atom stereocenters. The van der Waals surface area contributed by atoms with Crippen LogP contribution >= 0.6 is 0 Å². The zero-order valence-corrected chi connectivity index (χ0v) is 24.0. The summed E-state index contributed by atoms with van der Waals surface area (Å²) in [6.45, 7) is 6.39. The number of piperidine rings is 1. The summed E-state index contributed by atoms with van der Waals surface area (Å²) < 4.78 is 5.65. The lowest BCUT2D eigenvalue weighted by Crippen LogP contribution is -2.43. The summed E-state index contributed by atoms with van der Waals surface area (Å²) in [4.78, 5) is 29.2. The third-order valence-corrected chi connectivity index (χ3v) is 8.41. The third kappa shape index (κ3) is 5.15. The average Bonchev–Trinajstić information content (AvgIpc) is 3.49. The molecule has 4 heterocycles. The van der Waals surface area contributed by atoms with Gasteiger partial charge in [-0.25, -0.2) is 24.8 Å². The van der Waals surface area contributed by atoms with Gasteiger partial charge in [-0.3, -0.25) is 0 Å². The van der Waals surface area contributed by atoms with Crippen molar-refractivity contribution >= 4 is 6.09 Å². The molecule has 3 aliphatic rings. The van der Waals surface area contributed by atoms with Gasteiger partial charge >= 0.3 is 6.09 Å². The monoisotopic (exact) mass is 551 g/mol. The van der Waals surface area contributed by atoms with Crippen LogP contribution in [-0.4, -0.2) is 61.3 Å². The average molecular weight is 552 g/mol. The Labute approximate surface area is 240 Å². The number of hydrazine groups is 1. The quantitative estimate of drug-likeness (QED) is 0.278. The van der Waals surface area contributed by atoms with Gasteiger partial charge in [0.15, 0.2) is 0 Å². The molecule has 4 aromatic rings. The summed E-state index contributed by atoms with van der Waals surface area (Å²) in [6, 6.07) is 18.0. The van der Waals surface area contributed by atoms with Gasteiger partial charge in [-0.1, -0.05) is 48.5 Å². The van der Waals surface area contributed by atoms with Crippen molar-refractivity contribution in [3.05, 3.63) is 72.6 Å². The first-order chi connectivity index (χ1) is 19.7. The van der Waals surface area contributed by atoms with E-state index < -0.39 is 5.60 Å². The van der Waals surface area contributed by atoms with Crippen LogP contribution in [0.3, 0.4) is 0 Å². The van der Waals surface area contributed by atoms with E-state index in [0.29, 0.717) is 12.1 Å². The number of hydrogen-bond acceptors (Lipinski definition) is 6. The fourth-order valence-corrected chi connectivity index (χ4v) is 6.13. The van der Waals surface area contributed by atoms with Gasteiger partial charge in [0.25, 0.3) is 0 Å². The smallest absolute Gasteiger partial charge is 0.425 e. The van der Waals surface area contributed by atoms with E-state index in [1.165, 1.54) is 12.8 Å². The Kier molecular flexibility index (Phi) is 6.24. The van der Waals surface area contributed by atoms with Crippen LogP contribution in [-0.2, 0) is 4.74 Å². The number of aromatic amines is 2. The number of H-pyrrole nitrogens is 2. The molecule has 2 aliphatic heterocycles. The van der Waals surface area contributed by atoms with Gasteiger partial charge in [-0.2, -0.15) is 0 Å². The van der Waals surface area contributed by atoms with Gasteiger partial charge in [0.05, 0.1) is 29.8 Å². The topological polar surface area (TPSA) is 102 Å². The lowest BCUT2D eigenvalue weighted by atomic mass is 10.0. The van der Waals surface area contributed by atoms with Crippen molar-refractivity contribution in [1.82, 2.24) is 35.3 Å². The molecule has 1 aliphatic carbocycles. The van der Waals surface area contributed by atoms with Crippen LogP contribution in [0.1, 0.15) is 63.8 Å². The Morgan fingerprint density at radius 1 is 0.854 bits per heavy atom. The van der Waals surface area contributed by atoms with Crippen molar-refractivity contribution < 1.29 is 9.53 Å². The first-order valence-electron chi connectivity index (χ1n) is 14.5. The summed E-state index contributed by atoms with van der Waals surface area (Å²) >= 11 is 0. The molecule has 2 saturated heterocycles. The first-order valence-corrected chi connectivity index (χ1v) is 14.5. The molecule has 2 aromatic carbocycles. The number of nitrogens with zero attached hydrogens (tertiary/aromatic N) is 4. The normalized spacial score (nSPS) is 24.0. The highest BCUT2D eigenvalue weighted by molar-refractivity contribution is 5.72. The maximum atomic E-state index is 12.9. The van der Waals surface area contributed by atoms with E-state index in [1.54, 1.807) is 5.01 Å². The highest BCUT2D eigenvalue weighted by Crippen LogP contribution is 2.45. The lowest BCUT2D eigenvalue weighted by molar-refractivity contribution is -0.0318. The van der Waals surface area contributed by atoms with E-state index in [1.807, 2.05) is 45.2 Å². The fraction of sp³-hybridized carbons (Fsp3) is 0.406. The van der Waals surface area contributed by atoms with Crippen molar-refractivity contribution in [3.63, 3.8) is 0 Å². The molecule has 9 nitrogen and oxygen atoms in total. The van der Waals surface area contributed by atoms with Gasteiger partial charge in [0.1, 0.15) is 23.3 Å². The molecule has 3 N–H and O–H groups in total. The van der Waals surface area contributed by atoms with E-state index >= 15 is 0 Å². The van der Waals surface area contributed by atoms with Crippen LogP contribution in [0.15, 0.2) is 60.9 Å². The fourth-order valence-electron chi connectivity index (χ4n) is 6.13. The molecular weight excluding hydrogens is 514 g/mol. The SMILES string of the molecule is CN1CC[C@@H](c2ncc(-c3ccc(-c4ccc(-c5cnc([C@@H]6CC7C[C@H]7N6)[nH]5)cc4)cc3)[nH]2)N1C(=O)OC(C)(C)C. The predicted octanol–water partition coefficient (Wildman–Crippen LogP) is 6.09. The standard InChI is InChI=1S/C32H37N7O2/c1-32(2,3)41-31(40)39-28(13-14-38(39)4)30-34-18-27(37-30)22-11-7-20(8-12-22)19-5-9-21(10-6-19)26-17-33-29(36-26)25-16-23-15-24(23)35-25/h5-12,17-18,23-25,28,35H,13-16H2,1-4H3,(H,33,36)(H,34,37)/t23?,24-,25+,28+/m1/s1. The summed E-state index contributed by atoms with van der Waals surface area (Å²) in [5, 5.41) is 7.23. The molecule has 0 radical (unpaired) electrons. The number of benzene rings is 2. The number of nitrogens with one attached hydrogen (secondary N) is 3. The molecule has 2 aromatic heterocycles. The van der Waals surface area contributed by atoms with Gasteiger partial charge in [0, 0.05) is 19.6 Å². The molecule has 1 amide bonds. The number of carbonyl (C=O) groups excluding carboxylic acids is 1. The molecule has 7 rings (SSSR count). The maximum absolute atomic E-state index is 12.9. The van der Waals surface area contributed by atoms with Gasteiger partial charge in [-0.05, 0) is 68.2 Å². The molecule has 3 fully saturated rings. The molecule has 0 spiro atoms. The summed E-state index contributed by atoms with van der Waals surface area (Å²) in [7, 11) is 1.90. The number of aromatic nitrogens is 4. The van der Waals surface area contributed by atoms with Gasteiger partial charge in [-0.15, -0.1) is 0 Å². The number of hydrogen-bond donors (Lipinski definition) is 3. The zero-order chi connectivity index (χ0) is 28.3. The Balaban J connectivity index is 1.03. The molecule has 9 heteroatoms. The minimum atomic E-state index is -0.559. The van der Waals surface area contributed by atoms with E-state index in [9.17, 15) is 4.79 Å². The highest BCUT2D eigenvalue weighted by Gasteiger charge is 2.46. The summed E-state index contributed by atoms with van der Waals surface area (Å²) in [5.41, 5.74) is 5.90. The minimum absolute atomic E-state index is 0.188. The molecule has 1 unspecified atom stereocenters. The zero-order valence-electron chi connectivity index (χ0n) is 24.0. The van der Waals surface area contributed by atoms with Crippen LogP contribution < -0.4 is 5.32 Å². The second-order valence-electron chi connectivity index (χ2n) is 12.6. The second-order valence-corrected chi connectivity index (χ2v) is 12.6. The first kappa shape index (κ1) is 26.0. The minimum Gasteiger partial charge on any atom is -0.443 e. The lowest BCUT2D eigenvalue weighted by Gasteiger charge is -2.31. The predicted molar refractivity (Wildman–Crippen MR) is 157 cm³/mol. The number of amides is 1. The number of carbonyl (C=O) groups is 1. The number of imidazole rings is 2. The summed E-state index contributed by atoms with van der Waals surface area (Å²) in [5.74, 6) is 2.65. The van der Waals surface area contributed by atoms with Crippen molar-refractivity contribution in [2.75, 3.05) is 13.6 Å². The van der Waals surface area contributed by atoms with E-state index in [4.69, 9.17) is 4.74 Å². The molecule has 41 heavy (non-hydrogen) atoms. The van der Waals surface area contributed by atoms with Crippen molar-refractivity contribution in [2.24, 2.45) is 5.92 Å².